The van der Waals surface area contributed by atoms with Crippen molar-refractivity contribution >= 4 is 52.7 Å². The molecule has 0 amide bonds. The first-order valence-electron chi connectivity index (χ1n) is 16.2. The van der Waals surface area contributed by atoms with Crippen LogP contribution in [0.4, 0.5) is 0 Å². The summed E-state index contributed by atoms with van der Waals surface area (Å²) in [4.78, 5) is 42.4. The predicted octanol–water partition coefficient (Wildman–Crippen LogP) is 9.32. The number of nitrogens with zero attached hydrogens (tertiary/aromatic N) is 5. The number of aromatic amines is 2. The Labute approximate surface area is 286 Å². The lowest BCUT2D eigenvalue weighted by Crippen LogP contribution is -1.91. The van der Waals surface area contributed by atoms with Crippen LogP contribution in [0.3, 0.4) is 0 Å². The Balaban J connectivity index is 1.47. The van der Waals surface area contributed by atoms with Gasteiger partial charge in [-0.1, -0.05) is 24.3 Å². The Hall–Kier alpha value is -7.06. The van der Waals surface area contributed by atoms with Crippen molar-refractivity contribution in [2.75, 3.05) is 0 Å². The normalized spacial score (nSPS) is 11.9. The number of aldehydes is 1. The van der Waals surface area contributed by atoms with E-state index in [0.717, 1.165) is 95.6 Å². The highest BCUT2D eigenvalue weighted by molar-refractivity contribution is 6.00. The number of carbonyl (C=O) groups excluding carboxylic acids is 1. The lowest BCUT2D eigenvalue weighted by Gasteiger charge is -2.07. The third-order valence-electron chi connectivity index (χ3n) is 9.00. The molecule has 8 nitrogen and oxygen atoms in total. The van der Waals surface area contributed by atoms with Crippen molar-refractivity contribution < 1.29 is 4.79 Å². The number of aromatic nitrogens is 7. The zero-order valence-corrected chi connectivity index (χ0v) is 26.6. The minimum atomic E-state index is 0.614. The minimum Gasteiger partial charge on any atom is -0.354 e. The Bertz CT molecular complexity index is 2500. The number of hydrogen-bond donors (Lipinski definition) is 2. The van der Waals surface area contributed by atoms with Crippen LogP contribution in [0.15, 0.2) is 122 Å². The molecule has 8 heteroatoms. The molecule has 0 radical (unpaired) electrons. The van der Waals surface area contributed by atoms with Crippen LogP contribution in [-0.4, -0.2) is 41.2 Å². The highest BCUT2D eigenvalue weighted by Crippen LogP contribution is 2.38. The molecule has 2 aliphatic rings. The van der Waals surface area contributed by atoms with Gasteiger partial charge in [0.05, 0.1) is 22.8 Å². The molecule has 8 heterocycles. The first-order valence-corrected chi connectivity index (χ1v) is 16.2. The fourth-order valence-corrected chi connectivity index (χ4v) is 6.70. The lowest BCUT2D eigenvalue weighted by atomic mass is 10.0. The number of H-pyrrole nitrogens is 2. The van der Waals surface area contributed by atoms with E-state index >= 15 is 0 Å². The Morgan fingerprint density at radius 1 is 0.380 bits per heavy atom. The van der Waals surface area contributed by atoms with Crippen molar-refractivity contribution in [2.24, 2.45) is 0 Å². The summed E-state index contributed by atoms with van der Waals surface area (Å²) in [6.07, 6.45) is 19.8. The zero-order valence-electron chi connectivity index (χ0n) is 26.6. The van der Waals surface area contributed by atoms with E-state index in [1.807, 2.05) is 60.7 Å². The molecular weight excluding hydrogens is 619 g/mol. The van der Waals surface area contributed by atoms with Crippen molar-refractivity contribution in [3.63, 3.8) is 0 Å². The maximum Gasteiger partial charge on any atom is 0.150 e. The quantitative estimate of drug-likeness (QED) is 0.180. The van der Waals surface area contributed by atoms with E-state index in [0.29, 0.717) is 5.56 Å². The first-order chi connectivity index (χ1) is 24.7. The van der Waals surface area contributed by atoms with Gasteiger partial charge in [0.25, 0.3) is 0 Å². The summed E-state index contributed by atoms with van der Waals surface area (Å²) in [5, 5.41) is 0. The number of nitrogens with one attached hydrogen (secondary N) is 2. The van der Waals surface area contributed by atoms with Gasteiger partial charge < -0.3 is 9.97 Å². The molecule has 2 aliphatic heterocycles. The summed E-state index contributed by atoms with van der Waals surface area (Å²) in [6, 6.07) is 28.0. The van der Waals surface area contributed by atoms with Gasteiger partial charge in [0.15, 0.2) is 0 Å². The van der Waals surface area contributed by atoms with E-state index in [2.05, 4.69) is 73.5 Å². The monoisotopic (exact) mass is 645 g/mol. The van der Waals surface area contributed by atoms with Crippen LogP contribution in [0.5, 0.6) is 0 Å². The van der Waals surface area contributed by atoms with E-state index in [1.54, 1.807) is 37.2 Å². The number of benzene rings is 1. The second kappa shape index (κ2) is 12.2. The third-order valence-corrected chi connectivity index (χ3v) is 9.00. The van der Waals surface area contributed by atoms with Crippen molar-refractivity contribution in [3.05, 3.63) is 150 Å². The van der Waals surface area contributed by atoms with E-state index in [9.17, 15) is 4.79 Å². The van der Waals surface area contributed by atoms with Crippen molar-refractivity contribution in [1.29, 1.82) is 0 Å². The van der Waals surface area contributed by atoms with Crippen molar-refractivity contribution in [1.82, 2.24) is 34.9 Å². The fourth-order valence-electron chi connectivity index (χ4n) is 6.70. The molecule has 0 spiro atoms. The van der Waals surface area contributed by atoms with Crippen LogP contribution in [0.25, 0.3) is 90.9 Å². The average molecular weight is 646 g/mol. The van der Waals surface area contributed by atoms with Gasteiger partial charge in [0.1, 0.15) is 6.29 Å². The van der Waals surface area contributed by atoms with Crippen LogP contribution in [0, 0.1) is 0 Å². The zero-order chi connectivity index (χ0) is 33.4. The van der Waals surface area contributed by atoms with Crippen LogP contribution in [0.1, 0.15) is 33.1 Å². The van der Waals surface area contributed by atoms with Gasteiger partial charge in [-0.3, -0.25) is 19.7 Å². The van der Waals surface area contributed by atoms with Crippen LogP contribution in [0.2, 0.25) is 0 Å². The molecular formula is C42H27N7O. The van der Waals surface area contributed by atoms with Crippen LogP contribution in [-0.2, 0) is 0 Å². The molecule has 2 N–H and O–H groups in total. The van der Waals surface area contributed by atoms with Gasteiger partial charge in [-0.05, 0) is 107 Å². The molecule has 50 heavy (non-hydrogen) atoms. The van der Waals surface area contributed by atoms with Gasteiger partial charge in [-0.15, -0.1) is 0 Å². The Morgan fingerprint density at radius 3 is 1.12 bits per heavy atom. The number of hydrogen-bond acceptors (Lipinski definition) is 6. The Kier molecular flexibility index (Phi) is 7.10. The van der Waals surface area contributed by atoms with Gasteiger partial charge in [0, 0.05) is 87.1 Å². The first kappa shape index (κ1) is 29.1. The number of fused-ring (bicyclic) bond motifs is 8. The second-order valence-corrected chi connectivity index (χ2v) is 12.0. The molecule has 8 bridgehead atoms. The Morgan fingerprint density at radius 2 is 0.720 bits per heavy atom. The second-order valence-electron chi connectivity index (χ2n) is 12.0. The number of pyridine rings is 3. The van der Waals surface area contributed by atoms with Crippen molar-refractivity contribution in [3.8, 4) is 44.5 Å². The molecule has 0 aliphatic carbocycles. The van der Waals surface area contributed by atoms with Crippen molar-refractivity contribution in [2.45, 2.75) is 0 Å². The highest BCUT2D eigenvalue weighted by Gasteiger charge is 2.19. The molecule has 0 saturated carbocycles. The summed E-state index contributed by atoms with van der Waals surface area (Å²) < 4.78 is 0. The van der Waals surface area contributed by atoms with Gasteiger partial charge in [0.2, 0.25) is 0 Å². The largest absolute Gasteiger partial charge is 0.354 e. The summed E-state index contributed by atoms with van der Waals surface area (Å²) >= 11 is 0. The van der Waals surface area contributed by atoms with Gasteiger partial charge in [-0.2, -0.15) is 0 Å². The van der Waals surface area contributed by atoms with Gasteiger partial charge >= 0.3 is 0 Å². The fraction of sp³-hybridized carbons (Fsp3) is 0. The highest BCUT2D eigenvalue weighted by atomic mass is 16.1. The SMILES string of the molecule is O=Cc1ccc(-c2c3ccc([nH]3)c(-c3ccncc3)c3nc(c(-c4ccncc4)c4nc(c(-c5ccncc5)c5ccc2[nH]5)C=C4)C=C3)cc1. The topological polar surface area (TPSA) is 113 Å². The molecule has 0 atom stereocenters. The maximum atomic E-state index is 11.6. The molecule has 0 saturated heterocycles. The molecule has 1 aromatic carbocycles. The molecule has 0 fully saturated rings. The number of rotatable bonds is 5. The van der Waals surface area contributed by atoms with Crippen LogP contribution < -0.4 is 0 Å². The van der Waals surface area contributed by atoms with E-state index in [4.69, 9.17) is 9.97 Å². The van der Waals surface area contributed by atoms with Gasteiger partial charge in [-0.25, -0.2) is 9.97 Å². The molecule has 6 aromatic heterocycles. The summed E-state index contributed by atoms with van der Waals surface area (Å²) in [5.74, 6) is 0. The molecule has 9 rings (SSSR count). The summed E-state index contributed by atoms with van der Waals surface area (Å²) in [7, 11) is 0. The maximum absolute atomic E-state index is 11.6. The predicted molar refractivity (Wildman–Crippen MR) is 199 cm³/mol. The summed E-state index contributed by atoms with van der Waals surface area (Å²) in [6.45, 7) is 0. The van der Waals surface area contributed by atoms with E-state index < -0.39 is 0 Å². The molecule has 236 valence electrons. The smallest absolute Gasteiger partial charge is 0.150 e. The molecule has 7 aromatic rings. The standard InChI is InChI=1S/C42H27N7O/c50-25-26-1-3-27(4-2-26)39-31-5-7-33(46-31)40(28-13-19-43-20-14-28)35-9-11-37(48-35)42(30-17-23-45-24-18-30)38-12-10-36(49-38)41(29-15-21-44-22-16-29)34-8-6-32(39)47-34/h1-25,46-47H. The summed E-state index contributed by atoms with van der Waals surface area (Å²) in [5.41, 5.74) is 15.1. The lowest BCUT2D eigenvalue weighted by molar-refractivity contribution is 0.112. The minimum absolute atomic E-state index is 0.614. The van der Waals surface area contributed by atoms with Crippen LogP contribution >= 0.6 is 0 Å². The number of carbonyl (C=O) groups is 1. The average Bonchev–Trinajstić information content (AvgIpc) is 4.01. The molecule has 0 unspecified atom stereocenters. The van der Waals surface area contributed by atoms with E-state index in [1.165, 1.54) is 0 Å². The van der Waals surface area contributed by atoms with E-state index in [-0.39, 0.29) is 0 Å². The third kappa shape index (κ3) is 5.12.